The van der Waals surface area contributed by atoms with Crippen LogP contribution in [0.1, 0.15) is 6.92 Å². The monoisotopic (exact) mass is 115 g/mol. The Balaban J connectivity index is 3.29. The molecule has 0 fully saturated rings. The van der Waals surface area contributed by atoms with E-state index < -0.39 is 0 Å². The van der Waals surface area contributed by atoms with Crippen LogP contribution in [0.3, 0.4) is 0 Å². The molecule has 3 N–H and O–H groups in total. The van der Waals surface area contributed by atoms with Gasteiger partial charge in [-0.2, -0.15) is 0 Å². The van der Waals surface area contributed by atoms with Gasteiger partial charge in [0.15, 0.2) is 0 Å². The number of hydrogen-bond acceptors (Lipinski definition) is 2. The van der Waals surface area contributed by atoms with Gasteiger partial charge in [-0.05, 0) is 14.0 Å². The Labute approximate surface area is 50.0 Å². The Kier molecular flexibility index (Phi) is 4.26. The van der Waals surface area contributed by atoms with Gasteiger partial charge in [-0.3, -0.25) is 4.99 Å². The third-order valence-corrected chi connectivity index (χ3v) is 0.719. The molecule has 0 aliphatic rings. The molecule has 0 heterocycles. The molecule has 0 unspecified atom stereocenters. The lowest BCUT2D eigenvalue weighted by molar-refractivity contribution is 0.929. The number of nitrogens with two attached hydrogens (primary N) is 1. The molecule has 0 radical (unpaired) electrons. The van der Waals surface area contributed by atoms with Crippen molar-refractivity contribution in [2.45, 2.75) is 6.92 Å². The van der Waals surface area contributed by atoms with Crippen LogP contribution in [0, 0.1) is 0 Å². The first-order valence-electron chi connectivity index (χ1n) is 2.74. The summed E-state index contributed by atoms with van der Waals surface area (Å²) in [5.74, 6) is 0.676. The minimum absolute atomic E-state index is 0.676. The highest BCUT2D eigenvalue weighted by Gasteiger charge is 1.83. The SMILES string of the molecule is CCN=C(N)CNC. The fourth-order valence-electron chi connectivity index (χ4n) is 0.440. The number of rotatable bonds is 3. The fraction of sp³-hybridized carbons (Fsp3) is 0.800. The second kappa shape index (κ2) is 4.59. The van der Waals surface area contributed by atoms with E-state index in [4.69, 9.17) is 5.73 Å². The summed E-state index contributed by atoms with van der Waals surface area (Å²) in [7, 11) is 1.85. The molecule has 0 spiro atoms. The minimum Gasteiger partial charge on any atom is -0.386 e. The number of amidine groups is 1. The molecular formula is C5H13N3. The normalized spacial score (nSPS) is 12.0. The average Bonchev–Trinajstić information content (AvgIpc) is 1.68. The highest BCUT2D eigenvalue weighted by molar-refractivity contribution is 5.82. The topological polar surface area (TPSA) is 50.4 Å². The summed E-state index contributed by atoms with van der Waals surface area (Å²) in [6, 6.07) is 0. The molecule has 8 heavy (non-hydrogen) atoms. The Morgan fingerprint density at radius 1 is 1.75 bits per heavy atom. The van der Waals surface area contributed by atoms with E-state index >= 15 is 0 Å². The maximum absolute atomic E-state index is 5.38. The van der Waals surface area contributed by atoms with Crippen LogP contribution in [0.2, 0.25) is 0 Å². The van der Waals surface area contributed by atoms with Crippen molar-refractivity contribution in [3.63, 3.8) is 0 Å². The van der Waals surface area contributed by atoms with Gasteiger partial charge >= 0.3 is 0 Å². The third-order valence-electron chi connectivity index (χ3n) is 0.719. The van der Waals surface area contributed by atoms with Crippen molar-refractivity contribution in [1.29, 1.82) is 0 Å². The largest absolute Gasteiger partial charge is 0.386 e. The van der Waals surface area contributed by atoms with E-state index in [1.54, 1.807) is 0 Å². The van der Waals surface area contributed by atoms with E-state index in [-0.39, 0.29) is 0 Å². The van der Waals surface area contributed by atoms with Crippen LogP contribution >= 0.6 is 0 Å². The maximum atomic E-state index is 5.38. The summed E-state index contributed by atoms with van der Waals surface area (Å²) < 4.78 is 0. The van der Waals surface area contributed by atoms with Gasteiger partial charge in [-0.1, -0.05) is 0 Å². The quantitative estimate of drug-likeness (QED) is 0.388. The van der Waals surface area contributed by atoms with Gasteiger partial charge in [-0.25, -0.2) is 0 Å². The zero-order valence-corrected chi connectivity index (χ0v) is 5.44. The second-order valence-corrected chi connectivity index (χ2v) is 1.50. The first-order valence-corrected chi connectivity index (χ1v) is 2.74. The molecule has 0 aliphatic carbocycles. The Morgan fingerprint density at radius 3 is 2.75 bits per heavy atom. The average molecular weight is 115 g/mol. The van der Waals surface area contributed by atoms with Crippen molar-refractivity contribution in [2.75, 3.05) is 20.1 Å². The van der Waals surface area contributed by atoms with Gasteiger partial charge in [0, 0.05) is 6.54 Å². The standard InChI is InChI=1S/C5H13N3/c1-3-8-5(6)4-7-2/h7H,3-4H2,1-2H3,(H2,6,8). The summed E-state index contributed by atoms with van der Waals surface area (Å²) in [6.45, 7) is 3.42. The minimum atomic E-state index is 0.676. The molecule has 48 valence electrons. The number of aliphatic imine (C=N–C) groups is 1. The van der Waals surface area contributed by atoms with Crippen LogP contribution in [-0.2, 0) is 0 Å². The van der Waals surface area contributed by atoms with Gasteiger partial charge in [0.1, 0.15) is 5.84 Å². The number of likely N-dealkylation sites (N-methyl/N-ethyl adjacent to an activating group) is 1. The van der Waals surface area contributed by atoms with Gasteiger partial charge < -0.3 is 11.1 Å². The molecule has 0 atom stereocenters. The number of hydrogen-bond donors (Lipinski definition) is 2. The molecule has 0 aromatic carbocycles. The lowest BCUT2D eigenvalue weighted by Crippen LogP contribution is -2.26. The molecular weight excluding hydrogens is 102 g/mol. The zero-order chi connectivity index (χ0) is 6.41. The predicted molar refractivity (Wildman–Crippen MR) is 36.1 cm³/mol. The fourth-order valence-corrected chi connectivity index (χ4v) is 0.440. The molecule has 0 aromatic heterocycles. The molecule has 0 amide bonds. The lowest BCUT2D eigenvalue weighted by atomic mass is 10.6. The van der Waals surface area contributed by atoms with E-state index in [0.717, 1.165) is 6.54 Å². The molecule has 3 heteroatoms. The summed E-state index contributed by atoms with van der Waals surface area (Å²) in [6.07, 6.45) is 0. The second-order valence-electron chi connectivity index (χ2n) is 1.50. The summed E-state index contributed by atoms with van der Waals surface area (Å²) in [4.78, 5) is 3.95. The van der Waals surface area contributed by atoms with Crippen LogP contribution in [0.4, 0.5) is 0 Å². The van der Waals surface area contributed by atoms with Crippen LogP contribution < -0.4 is 11.1 Å². The van der Waals surface area contributed by atoms with Crippen molar-refractivity contribution < 1.29 is 0 Å². The molecule has 3 nitrogen and oxygen atoms in total. The molecule has 0 saturated carbocycles. The number of nitrogens with one attached hydrogen (secondary N) is 1. The van der Waals surface area contributed by atoms with Crippen LogP contribution in [0.15, 0.2) is 4.99 Å². The van der Waals surface area contributed by atoms with E-state index in [1.807, 2.05) is 14.0 Å². The van der Waals surface area contributed by atoms with Crippen molar-refractivity contribution in [1.82, 2.24) is 5.32 Å². The van der Waals surface area contributed by atoms with Crippen molar-refractivity contribution in [3.05, 3.63) is 0 Å². The molecule has 0 aliphatic heterocycles. The van der Waals surface area contributed by atoms with Crippen LogP contribution in [-0.4, -0.2) is 26.0 Å². The van der Waals surface area contributed by atoms with E-state index in [2.05, 4.69) is 10.3 Å². The van der Waals surface area contributed by atoms with Crippen molar-refractivity contribution in [2.24, 2.45) is 10.7 Å². The van der Waals surface area contributed by atoms with E-state index in [9.17, 15) is 0 Å². The van der Waals surface area contributed by atoms with Crippen LogP contribution in [0.5, 0.6) is 0 Å². The van der Waals surface area contributed by atoms with Crippen LogP contribution in [0.25, 0.3) is 0 Å². The maximum Gasteiger partial charge on any atom is 0.108 e. The van der Waals surface area contributed by atoms with Crippen molar-refractivity contribution in [3.8, 4) is 0 Å². The highest BCUT2D eigenvalue weighted by atomic mass is 14.9. The molecule has 0 rings (SSSR count). The van der Waals surface area contributed by atoms with Gasteiger partial charge in [0.05, 0.1) is 6.54 Å². The Hall–Kier alpha value is -0.570. The van der Waals surface area contributed by atoms with E-state index in [1.165, 1.54) is 0 Å². The van der Waals surface area contributed by atoms with Gasteiger partial charge in [-0.15, -0.1) is 0 Å². The van der Waals surface area contributed by atoms with Gasteiger partial charge in [0.25, 0.3) is 0 Å². The Morgan fingerprint density at radius 2 is 2.38 bits per heavy atom. The summed E-state index contributed by atoms with van der Waals surface area (Å²) in [5, 5.41) is 2.90. The molecule has 0 bridgehead atoms. The highest BCUT2D eigenvalue weighted by Crippen LogP contribution is 1.66. The van der Waals surface area contributed by atoms with Gasteiger partial charge in [0.2, 0.25) is 0 Å². The third kappa shape index (κ3) is 3.61. The van der Waals surface area contributed by atoms with Crippen molar-refractivity contribution >= 4 is 5.84 Å². The first-order chi connectivity index (χ1) is 3.81. The Bertz CT molecular complexity index is 77.7. The molecule has 0 saturated heterocycles. The summed E-state index contributed by atoms with van der Waals surface area (Å²) >= 11 is 0. The van der Waals surface area contributed by atoms with E-state index in [0.29, 0.717) is 12.4 Å². The summed E-state index contributed by atoms with van der Waals surface area (Å²) in [5.41, 5.74) is 5.38. The smallest absolute Gasteiger partial charge is 0.108 e. The predicted octanol–water partition coefficient (Wildman–Crippen LogP) is -0.417. The lowest BCUT2D eigenvalue weighted by Gasteiger charge is -1.95. The first kappa shape index (κ1) is 7.43. The zero-order valence-electron chi connectivity index (χ0n) is 5.44. The molecule has 0 aromatic rings. The number of nitrogens with zero attached hydrogens (tertiary/aromatic N) is 1.